The zero-order valence-electron chi connectivity index (χ0n) is 18.0. The molecule has 0 aromatic heterocycles. The van der Waals surface area contributed by atoms with Gasteiger partial charge in [-0.15, -0.1) is 0 Å². The number of nitrogens with one attached hydrogen (secondary N) is 1. The predicted octanol–water partition coefficient (Wildman–Crippen LogP) is 6.24. The maximum Gasteiger partial charge on any atom is 0.326 e. The lowest BCUT2D eigenvalue weighted by atomic mass is 10.00. The van der Waals surface area contributed by atoms with Gasteiger partial charge in [0.2, 0.25) is 0 Å². The molecular formula is C28H21ClFNO3. The fraction of sp³-hybridized carbons (Fsp3) is 0.0714. The van der Waals surface area contributed by atoms with Crippen molar-refractivity contribution < 1.29 is 19.1 Å². The van der Waals surface area contributed by atoms with E-state index in [0.717, 1.165) is 22.3 Å². The van der Waals surface area contributed by atoms with Crippen molar-refractivity contribution in [2.24, 2.45) is 0 Å². The number of carbonyl (C=O) groups excluding carboxylic acids is 1. The number of aliphatic carboxylic acids is 1. The first-order chi connectivity index (χ1) is 16.4. The second kappa shape index (κ2) is 10.3. The molecule has 6 heteroatoms. The standard InChI is InChI=1S/C28H21ClFNO3/c29-24-17-23(14-15-25(24)30)21-10-12-22(13-11-21)27(32)31-26(28(33)34)16-18-6-8-20(9-7-18)19-4-2-1-3-5-19/h1-15,17,26H,16H2,(H,31,32)(H,33,34). The molecule has 1 amide bonds. The van der Waals surface area contributed by atoms with Gasteiger partial charge in [0, 0.05) is 12.0 Å². The Hall–Kier alpha value is -3.96. The third-order valence-electron chi connectivity index (χ3n) is 5.50. The van der Waals surface area contributed by atoms with Gasteiger partial charge >= 0.3 is 5.97 Å². The molecule has 0 saturated carbocycles. The lowest BCUT2D eigenvalue weighted by Crippen LogP contribution is -2.42. The number of carboxylic acid groups (broad SMARTS) is 1. The van der Waals surface area contributed by atoms with Crippen LogP contribution in [0.15, 0.2) is 97.1 Å². The van der Waals surface area contributed by atoms with Gasteiger partial charge in [-0.2, -0.15) is 0 Å². The Labute approximate surface area is 201 Å². The maximum atomic E-state index is 13.4. The second-order valence-electron chi connectivity index (χ2n) is 7.84. The summed E-state index contributed by atoms with van der Waals surface area (Å²) in [7, 11) is 0. The van der Waals surface area contributed by atoms with Gasteiger partial charge in [-0.3, -0.25) is 4.79 Å². The van der Waals surface area contributed by atoms with Gasteiger partial charge in [-0.1, -0.05) is 84.4 Å². The molecule has 0 heterocycles. The Kier molecular flexibility index (Phi) is 7.04. The molecule has 0 aliphatic carbocycles. The minimum Gasteiger partial charge on any atom is -0.480 e. The smallest absolute Gasteiger partial charge is 0.326 e. The predicted molar refractivity (Wildman–Crippen MR) is 131 cm³/mol. The van der Waals surface area contributed by atoms with Crippen LogP contribution in [0.4, 0.5) is 4.39 Å². The minimum absolute atomic E-state index is 0.0143. The molecule has 0 radical (unpaired) electrons. The highest BCUT2D eigenvalue weighted by atomic mass is 35.5. The number of carbonyl (C=O) groups is 2. The Morgan fingerprint density at radius 3 is 1.97 bits per heavy atom. The van der Waals surface area contributed by atoms with E-state index in [-0.39, 0.29) is 11.4 Å². The van der Waals surface area contributed by atoms with Crippen molar-refractivity contribution in [3.05, 3.63) is 119 Å². The number of amides is 1. The van der Waals surface area contributed by atoms with Gasteiger partial charge in [-0.05, 0) is 52.1 Å². The van der Waals surface area contributed by atoms with Crippen molar-refractivity contribution in [3.63, 3.8) is 0 Å². The summed E-state index contributed by atoms with van der Waals surface area (Å²) in [5, 5.41) is 12.3. The van der Waals surface area contributed by atoms with Gasteiger partial charge < -0.3 is 10.4 Å². The fourth-order valence-electron chi connectivity index (χ4n) is 3.63. The molecule has 2 N–H and O–H groups in total. The van der Waals surface area contributed by atoms with Crippen molar-refractivity contribution in [2.75, 3.05) is 0 Å². The first-order valence-corrected chi connectivity index (χ1v) is 11.0. The molecular weight excluding hydrogens is 453 g/mol. The third kappa shape index (κ3) is 5.50. The van der Waals surface area contributed by atoms with Crippen LogP contribution < -0.4 is 5.32 Å². The van der Waals surface area contributed by atoms with E-state index in [1.165, 1.54) is 12.1 Å². The molecule has 0 bridgehead atoms. The molecule has 1 unspecified atom stereocenters. The van der Waals surface area contributed by atoms with E-state index in [9.17, 15) is 19.1 Å². The lowest BCUT2D eigenvalue weighted by Gasteiger charge is -2.15. The summed E-state index contributed by atoms with van der Waals surface area (Å²) < 4.78 is 13.4. The van der Waals surface area contributed by atoms with Crippen LogP contribution in [0.3, 0.4) is 0 Å². The highest BCUT2D eigenvalue weighted by Crippen LogP contribution is 2.25. The number of rotatable bonds is 7. The summed E-state index contributed by atoms with van der Waals surface area (Å²) in [4.78, 5) is 24.5. The summed E-state index contributed by atoms with van der Waals surface area (Å²) in [6.07, 6.45) is 0.155. The van der Waals surface area contributed by atoms with Gasteiger partial charge in [0.15, 0.2) is 0 Å². The minimum atomic E-state index is -1.11. The van der Waals surface area contributed by atoms with E-state index in [1.807, 2.05) is 54.6 Å². The van der Waals surface area contributed by atoms with Gasteiger partial charge in [0.05, 0.1) is 5.02 Å². The summed E-state index contributed by atoms with van der Waals surface area (Å²) in [6, 6.07) is 27.4. The summed E-state index contributed by atoms with van der Waals surface area (Å²) in [5.41, 5.74) is 4.69. The van der Waals surface area contributed by atoms with Crippen molar-refractivity contribution >= 4 is 23.5 Å². The van der Waals surface area contributed by atoms with Crippen LogP contribution in [-0.4, -0.2) is 23.0 Å². The van der Waals surface area contributed by atoms with Gasteiger partial charge in [0.25, 0.3) is 5.91 Å². The molecule has 0 aliphatic heterocycles. The number of carboxylic acids is 1. The summed E-state index contributed by atoms with van der Waals surface area (Å²) in [5.74, 6) is -2.11. The molecule has 34 heavy (non-hydrogen) atoms. The molecule has 0 spiro atoms. The Morgan fingerprint density at radius 1 is 0.794 bits per heavy atom. The average Bonchev–Trinajstić information content (AvgIpc) is 2.86. The largest absolute Gasteiger partial charge is 0.480 e. The third-order valence-corrected chi connectivity index (χ3v) is 5.79. The van der Waals surface area contributed by atoms with Crippen LogP contribution in [0.25, 0.3) is 22.3 Å². The van der Waals surface area contributed by atoms with Crippen molar-refractivity contribution in [1.82, 2.24) is 5.32 Å². The van der Waals surface area contributed by atoms with Crippen LogP contribution in [0.5, 0.6) is 0 Å². The monoisotopic (exact) mass is 473 g/mol. The number of benzene rings is 4. The molecule has 0 fully saturated rings. The Bertz CT molecular complexity index is 1310. The molecule has 0 aliphatic rings. The van der Waals surface area contributed by atoms with E-state index >= 15 is 0 Å². The first-order valence-electron chi connectivity index (χ1n) is 10.6. The van der Waals surface area contributed by atoms with E-state index < -0.39 is 23.7 Å². The van der Waals surface area contributed by atoms with Crippen molar-refractivity contribution in [3.8, 4) is 22.3 Å². The van der Waals surface area contributed by atoms with Crippen molar-refractivity contribution in [1.29, 1.82) is 0 Å². The normalized spacial score (nSPS) is 11.6. The van der Waals surface area contributed by atoms with Crippen molar-refractivity contribution in [2.45, 2.75) is 12.5 Å². The molecule has 1 atom stereocenters. The molecule has 4 aromatic rings. The lowest BCUT2D eigenvalue weighted by molar-refractivity contribution is -0.139. The molecule has 4 nitrogen and oxygen atoms in total. The number of halogens is 2. The van der Waals surface area contributed by atoms with Crippen LogP contribution >= 0.6 is 11.6 Å². The summed E-state index contributed by atoms with van der Waals surface area (Å²) in [6.45, 7) is 0. The van der Waals surface area contributed by atoms with Crippen LogP contribution in [0, 0.1) is 5.82 Å². The van der Waals surface area contributed by atoms with Gasteiger partial charge in [-0.25, -0.2) is 9.18 Å². The first kappa shape index (κ1) is 23.2. The zero-order chi connectivity index (χ0) is 24.1. The fourth-order valence-corrected chi connectivity index (χ4v) is 3.81. The molecule has 4 rings (SSSR count). The Balaban J connectivity index is 1.43. The van der Waals surface area contributed by atoms with Crippen LogP contribution in [0.1, 0.15) is 15.9 Å². The van der Waals surface area contributed by atoms with E-state index in [2.05, 4.69) is 5.32 Å². The van der Waals surface area contributed by atoms with Gasteiger partial charge in [0.1, 0.15) is 11.9 Å². The Morgan fingerprint density at radius 2 is 1.35 bits per heavy atom. The second-order valence-corrected chi connectivity index (χ2v) is 8.24. The maximum absolute atomic E-state index is 13.4. The SMILES string of the molecule is O=C(NC(Cc1ccc(-c2ccccc2)cc1)C(=O)O)c1ccc(-c2ccc(F)c(Cl)c2)cc1. The summed E-state index contributed by atoms with van der Waals surface area (Å²) >= 11 is 5.84. The van der Waals surface area contributed by atoms with Crippen LogP contribution in [0.2, 0.25) is 5.02 Å². The molecule has 4 aromatic carbocycles. The molecule has 170 valence electrons. The van der Waals surface area contributed by atoms with E-state index in [4.69, 9.17) is 11.6 Å². The van der Waals surface area contributed by atoms with E-state index in [1.54, 1.807) is 30.3 Å². The zero-order valence-corrected chi connectivity index (χ0v) is 18.8. The quantitative estimate of drug-likeness (QED) is 0.334. The number of hydrogen-bond acceptors (Lipinski definition) is 2. The van der Waals surface area contributed by atoms with Crippen LogP contribution in [-0.2, 0) is 11.2 Å². The topological polar surface area (TPSA) is 66.4 Å². The molecule has 0 saturated heterocycles. The van der Waals surface area contributed by atoms with E-state index in [0.29, 0.717) is 11.1 Å². The highest BCUT2D eigenvalue weighted by molar-refractivity contribution is 6.31. The highest BCUT2D eigenvalue weighted by Gasteiger charge is 2.21. The number of hydrogen-bond donors (Lipinski definition) is 2. The average molecular weight is 474 g/mol.